The molecule has 0 saturated carbocycles. The number of aromatic nitrogens is 2. The van der Waals surface area contributed by atoms with Crippen molar-refractivity contribution in [3.05, 3.63) is 47.8 Å². The Hall–Kier alpha value is -1.88. The number of ether oxygens (including phenoxy) is 1. The highest BCUT2D eigenvalue weighted by Gasteiger charge is 2.03. The van der Waals surface area contributed by atoms with Crippen molar-refractivity contribution in [2.45, 2.75) is 13.1 Å². The quantitative estimate of drug-likeness (QED) is 0.831. The van der Waals surface area contributed by atoms with E-state index in [1.807, 2.05) is 6.07 Å². The Morgan fingerprint density at radius 1 is 1.41 bits per heavy atom. The predicted molar refractivity (Wildman–Crippen MR) is 62.1 cm³/mol. The van der Waals surface area contributed by atoms with Crippen LogP contribution in [0, 0.1) is 5.82 Å². The number of rotatable bonds is 5. The SMILES string of the molecule is COc1ccc(CNCc2ncc[nH]2)cc1F. The molecule has 1 aromatic heterocycles. The summed E-state index contributed by atoms with van der Waals surface area (Å²) in [6.07, 6.45) is 3.47. The minimum atomic E-state index is -0.343. The van der Waals surface area contributed by atoms with Gasteiger partial charge in [0, 0.05) is 18.9 Å². The number of aromatic amines is 1. The molecule has 0 bridgehead atoms. The summed E-state index contributed by atoms with van der Waals surface area (Å²) in [5.41, 5.74) is 0.870. The van der Waals surface area contributed by atoms with Crippen LogP contribution in [0.25, 0.3) is 0 Å². The van der Waals surface area contributed by atoms with Crippen LogP contribution in [0.5, 0.6) is 5.75 Å². The molecular formula is C12H14FN3O. The van der Waals surface area contributed by atoms with Gasteiger partial charge in [0.15, 0.2) is 11.6 Å². The molecule has 4 nitrogen and oxygen atoms in total. The number of hydrogen-bond donors (Lipinski definition) is 2. The number of benzene rings is 1. The molecule has 0 fully saturated rings. The number of hydrogen-bond acceptors (Lipinski definition) is 3. The molecule has 5 heteroatoms. The van der Waals surface area contributed by atoms with E-state index in [1.54, 1.807) is 18.5 Å². The monoisotopic (exact) mass is 235 g/mol. The molecular weight excluding hydrogens is 221 g/mol. The molecule has 17 heavy (non-hydrogen) atoms. The smallest absolute Gasteiger partial charge is 0.165 e. The van der Waals surface area contributed by atoms with Gasteiger partial charge in [-0.05, 0) is 17.7 Å². The van der Waals surface area contributed by atoms with Gasteiger partial charge in [-0.25, -0.2) is 9.37 Å². The van der Waals surface area contributed by atoms with Crippen molar-refractivity contribution >= 4 is 0 Å². The van der Waals surface area contributed by atoms with E-state index in [-0.39, 0.29) is 11.6 Å². The molecule has 0 aliphatic rings. The zero-order valence-electron chi connectivity index (χ0n) is 9.53. The highest BCUT2D eigenvalue weighted by Crippen LogP contribution is 2.17. The van der Waals surface area contributed by atoms with Crippen LogP contribution in [0.2, 0.25) is 0 Å². The van der Waals surface area contributed by atoms with Gasteiger partial charge < -0.3 is 15.0 Å². The van der Waals surface area contributed by atoms with E-state index in [2.05, 4.69) is 15.3 Å². The summed E-state index contributed by atoms with van der Waals surface area (Å²) in [6, 6.07) is 4.92. The van der Waals surface area contributed by atoms with Gasteiger partial charge in [-0.3, -0.25) is 0 Å². The van der Waals surface area contributed by atoms with Crippen LogP contribution in [0.1, 0.15) is 11.4 Å². The van der Waals surface area contributed by atoms with E-state index in [4.69, 9.17) is 4.74 Å². The third-order valence-corrected chi connectivity index (χ3v) is 2.39. The molecule has 0 spiro atoms. The van der Waals surface area contributed by atoms with Gasteiger partial charge in [0.1, 0.15) is 5.82 Å². The molecule has 0 saturated heterocycles. The summed E-state index contributed by atoms with van der Waals surface area (Å²) in [7, 11) is 1.45. The topological polar surface area (TPSA) is 49.9 Å². The lowest BCUT2D eigenvalue weighted by molar-refractivity contribution is 0.386. The van der Waals surface area contributed by atoms with Crippen LogP contribution < -0.4 is 10.1 Å². The van der Waals surface area contributed by atoms with E-state index < -0.39 is 0 Å². The van der Waals surface area contributed by atoms with Crippen LogP contribution in [0.3, 0.4) is 0 Å². The highest BCUT2D eigenvalue weighted by molar-refractivity contribution is 5.29. The second-order valence-electron chi connectivity index (χ2n) is 3.61. The van der Waals surface area contributed by atoms with Gasteiger partial charge in [-0.15, -0.1) is 0 Å². The Bertz CT molecular complexity index is 471. The lowest BCUT2D eigenvalue weighted by Crippen LogP contribution is -2.13. The van der Waals surface area contributed by atoms with Crippen molar-refractivity contribution in [1.29, 1.82) is 0 Å². The number of H-pyrrole nitrogens is 1. The molecule has 90 valence electrons. The van der Waals surface area contributed by atoms with Crippen molar-refractivity contribution in [1.82, 2.24) is 15.3 Å². The molecule has 1 heterocycles. The molecule has 0 amide bonds. The van der Waals surface area contributed by atoms with Gasteiger partial charge in [0.25, 0.3) is 0 Å². The fraction of sp³-hybridized carbons (Fsp3) is 0.250. The first-order valence-electron chi connectivity index (χ1n) is 5.31. The van der Waals surface area contributed by atoms with Crippen molar-refractivity contribution in [3.63, 3.8) is 0 Å². The van der Waals surface area contributed by atoms with E-state index in [1.165, 1.54) is 13.2 Å². The number of halogens is 1. The fourth-order valence-corrected chi connectivity index (χ4v) is 1.54. The Balaban J connectivity index is 1.89. The van der Waals surface area contributed by atoms with Crippen molar-refractivity contribution in [2.24, 2.45) is 0 Å². The summed E-state index contributed by atoms with van der Waals surface area (Å²) in [6.45, 7) is 1.21. The molecule has 0 aliphatic carbocycles. The van der Waals surface area contributed by atoms with Crippen molar-refractivity contribution < 1.29 is 9.13 Å². The van der Waals surface area contributed by atoms with E-state index in [0.717, 1.165) is 11.4 Å². The Morgan fingerprint density at radius 2 is 2.29 bits per heavy atom. The maximum absolute atomic E-state index is 13.4. The van der Waals surface area contributed by atoms with Crippen LogP contribution in [0.15, 0.2) is 30.6 Å². The van der Waals surface area contributed by atoms with Gasteiger partial charge in [-0.1, -0.05) is 6.07 Å². The van der Waals surface area contributed by atoms with Gasteiger partial charge in [0.05, 0.1) is 13.7 Å². The van der Waals surface area contributed by atoms with Crippen molar-refractivity contribution in [2.75, 3.05) is 7.11 Å². The summed E-state index contributed by atoms with van der Waals surface area (Å²) in [4.78, 5) is 7.07. The normalized spacial score (nSPS) is 10.5. The fourth-order valence-electron chi connectivity index (χ4n) is 1.54. The van der Waals surface area contributed by atoms with Gasteiger partial charge in [-0.2, -0.15) is 0 Å². The predicted octanol–water partition coefficient (Wildman–Crippen LogP) is 1.85. The zero-order chi connectivity index (χ0) is 12.1. The maximum atomic E-state index is 13.4. The Labute approximate surface area is 98.8 Å². The molecule has 2 N–H and O–H groups in total. The summed E-state index contributed by atoms with van der Waals surface area (Å²) < 4.78 is 18.2. The first-order valence-corrected chi connectivity index (χ1v) is 5.31. The Kier molecular flexibility index (Phi) is 3.72. The second-order valence-corrected chi connectivity index (χ2v) is 3.61. The Morgan fingerprint density at radius 3 is 2.94 bits per heavy atom. The van der Waals surface area contributed by atoms with E-state index in [0.29, 0.717) is 13.1 Å². The number of methoxy groups -OCH3 is 1. The molecule has 0 unspecified atom stereocenters. The van der Waals surface area contributed by atoms with Crippen LogP contribution in [-0.4, -0.2) is 17.1 Å². The molecule has 2 aromatic rings. The maximum Gasteiger partial charge on any atom is 0.165 e. The molecule has 0 aliphatic heterocycles. The number of nitrogens with one attached hydrogen (secondary N) is 2. The lowest BCUT2D eigenvalue weighted by atomic mass is 10.2. The van der Waals surface area contributed by atoms with E-state index >= 15 is 0 Å². The standard InChI is InChI=1S/C12H14FN3O/c1-17-11-3-2-9(6-10(11)13)7-14-8-12-15-4-5-16-12/h2-6,14H,7-8H2,1H3,(H,15,16). The number of imidazole rings is 1. The molecule has 1 aromatic carbocycles. The minimum Gasteiger partial charge on any atom is -0.494 e. The second kappa shape index (κ2) is 5.45. The lowest BCUT2D eigenvalue weighted by Gasteiger charge is -2.06. The minimum absolute atomic E-state index is 0.264. The largest absolute Gasteiger partial charge is 0.494 e. The van der Waals surface area contributed by atoms with Gasteiger partial charge >= 0.3 is 0 Å². The van der Waals surface area contributed by atoms with Crippen molar-refractivity contribution in [3.8, 4) is 5.75 Å². The first-order chi connectivity index (χ1) is 8.29. The molecule has 0 radical (unpaired) electrons. The third-order valence-electron chi connectivity index (χ3n) is 2.39. The first kappa shape index (κ1) is 11.6. The highest BCUT2D eigenvalue weighted by atomic mass is 19.1. The molecule has 2 rings (SSSR count). The zero-order valence-corrected chi connectivity index (χ0v) is 9.53. The van der Waals surface area contributed by atoms with E-state index in [9.17, 15) is 4.39 Å². The summed E-state index contributed by atoms with van der Waals surface area (Å²) in [5, 5.41) is 3.17. The van der Waals surface area contributed by atoms with Crippen LogP contribution >= 0.6 is 0 Å². The van der Waals surface area contributed by atoms with Crippen LogP contribution in [-0.2, 0) is 13.1 Å². The number of nitrogens with zero attached hydrogens (tertiary/aromatic N) is 1. The summed E-state index contributed by atoms with van der Waals surface area (Å²) >= 11 is 0. The summed E-state index contributed by atoms with van der Waals surface area (Å²) in [5.74, 6) is 0.781. The van der Waals surface area contributed by atoms with Gasteiger partial charge in [0.2, 0.25) is 0 Å². The average molecular weight is 235 g/mol. The average Bonchev–Trinajstić information content (AvgIpc) is 2.82. The third kappa shape index (κ3) is 3.04. The van der Waals surface area contributed by atoms with Crippen LogP contribution in [0.4, 0.5) is 4.39 Å². The molecule has 0 atom stereocenters.